The van der Waals surface area contributed by atoms with E-state index in [1.807, 2.05) is 19.0 Å². The van der Waals surface area contributed by atoms with Crippen LogP contribution in [0.15, 0.2) is 46.9 Å². The van der Waals surface area contributed by atoms with Crippen LogP contribution in [-0.2, 0) is 6.54 Å². The Hall–Kier alpha value is -3.60. The van der Waals surface area contributed by atoms with E-state index in [4.69, 9.17) is 9.15 Å². The SMILES string of the molecule is CN(C)Cc1ccc(OC2CN(C(=O)c3nnc(-c4ccc(OC(F)F)cc4)o3)C2)cc1F. The number of aromatic nitrogens is 2. The molecule has 0 unspecified atom stereocenters. The van der Waals surface area contributed by atoms with Gasteiger partial charge < -0.3 is 23.7 Å². The Bertz CT molecular complexity index is 1120. The molecule has 1 aliphatic rings. The maximum absolute atomic E-state index is 14.2. The third-order valence-corrected chi connectivity index (χ3v) is 4.88. The highest BCUT2D eigenvalue weighted by atomic mass is 19.3. The van der Waals surface area contributed by atoms with Gasteiger partial charge in [-0.3, -0.25) is 4.79 Å². The zero-order valence-corrected chi connectivity index (χ0v) is 17.9. The zero-order valence-electron chi connectivity index (χ0n) is 17.9. The molecule has 0 aliphatic carbocycles. The molecule has 33 heavy (non-hydrogen) atoms. The lowest BCUT2D eigenvalue weighted by molar-refractivity contribution is -0.0498. The predicted octanol–water partition coefficient (Wildman–Crippen LogP) is 3.44. The third kappa shape index (κ3) is 5.43. The Morgan fingerprint density at radius 1 is 1.15 bits per heavy atom. The second-order valence-corrected chi connectivity index (χ2v) is 7.76. The number of hydrogen-bond donors (Lipinski definition) is 0. The molecule has 0 saturated carbocycles. The molecular weight excluding hydrogens is 441 g/mol. The number of carbonyl (C=O) groups excluding carboxylic acids is 1. The molecule has 0 radical (unpaired) electrons. The Morgan fingerprint density at radius 3 is 2.48 bits per heavy atom. The topological polar surface area (TPSA) is 80.9 Å². The van der Waals surface area contributed by atoms with Crippen LogP contribution in [0.2, 0.25) is 0 Å². The van der Waals surface area contributed by atoms with E-state index in [0.29, 0.717) is 23.4 Å². The van der Waals surface area contributed by atoms with Gasteiger partial charge in [0.1, 0.15) is 23.4 Å². The first-order valence-electron chi connectivity index (χ1n) is 10.1. The number of amides is 1. The van der Waals surface area contributed by atoms with Crippen molar-refractivity contribution in [1.29, 1.82) is 0 Å². The number of carbonyl (C=O) groups is 1. The quantitative estimate of drug-likeness (QED) is 0.507. The van der Waals surface area contributed by atoms with Crippen LogP contribution in [0.5, 0.6) is 11.5 Å². The van der Waals surface area contributed by atoms with Crippen molar-refractivity contribution >= 4 is 5.91 Å². The second kappa shape index (κ2) is 9.49. The number of benzene rings is 2. The molecule has 4 rings (SSSR count). The lowest BCUT2D eigenvalue weighted by atomic mass is 10.1. The fourth-order valence-corrected chi connectivity index (χ4v) is 3.28. The zero-order chi connectivity index (χ0) is 23.5. The maximum atomic E-state index is 14.2. The molecule has 11 heteroatoms. The molecular formula is C22H21F3N4O4. The number of alkyl halides is 2. The number of hydrogen-bond acceptors (Lipinski definition) is 7. The van der Waals surface area contributed by atoms with Crippen molar-refractivity contribution in [2.24, 2.45) is 0 Å². The Labute approximate surface area is 187 Å². The van der Waals surface area contributed by atoms with Gasteiger partial charge >= 0.3 is 18.4 Å². The first-order chi connectivity index (χ1) is 15.8. The number of ether oxygens (including phenoxy) is 2. The fraction of sp³-hybridized carbons (Fsp3) is 0.318. The van der Waals surface area contributed by atoms with Gasteiger partial charge in [-0.05, 0) is 44.4 Å². The van der Waals surface area contributed by atoms with Crippen LogP contribution in [0.25, 0.3) is 11.5 Å². The summed E-state index contributed by atoms with van der Waals surface area (Å²) in [6.07, 6.45) is -0.280. The number of nitrogens with zero attached hydrogens (tertiary/aromatic N) is 4. The molecule has 2 aromatic carbocycles. The third-order valence-electron chi connectivity index (χ3n) is 4.88. The molecule has 0 N–H and O–H groups in total. The number of halogens is 3. The van der Waals surface area contributed by atoms with Gasteiger partial charge in [-0.15, -0.1) is 10.2 Å². The van der Waals surface area contributed by atoms with Crippen LogP contribution >= 0.6 is 0 Å². The van der Waals surface area contributed by atoms with E-state index in [9.17, 15) is 18.0 Å². The lowest BCUT2D eigenvalue weighted by Crippen LogP contribution is -2.56. The van der Waals surface area contributed by atoms with Crippen LogP contribution in [0, 0.1) is 5.82 Å². The summed E-state index contributed by atoms with van der Waals surface area (Å²) < 4.78 is 54.1. The van der Waals surface area contributed by atoms with E-state index in [1.165, 1.54) is 35.2 Å². The molecule has 1 fully saturated rings. The molecule has 174 valence electrons. The van der Waals surface area contributed by atoms with Crippen molar-refractivity contribution < 1.29 is 31.9 Å². The summed E-state index contributed by atoms with van der Waals surface area (Å²) in [4.78, 5) is 15.9. The molecule has 1 amide bonds. The molecule has 1 aliphatic heterocycles. The monoisotopic (exact) mass is 462 g/mol. The average Bonchev–Trinajstić information content (AvgIpc) is 3.22. The lowest BCUT2D eigenvalue weighted by Gasteiger charge is -2.38. The van der Waals surface area contributed by atoms with Crippen molar-refractivity contribution in [1.82, 2.24) is 20.0 Å². The van der Waals surface area contributed by atoms with Gasteiger partial charge in [0, 0.05) is 23.7 Å². The summed E-state index contributed by atoms with van der Waals surface area (Å²) in [6.45, 7) is -1.86. The number of rotatable bonds is 8. The standard InChI is InChI=1S/C22H21F3N4O4/c1-28(2)10-14-5-8-16(9-18(14)23)31-17-11-29(12-17)21(30)20-27-26-19(33-20)13-3-6-15(7-4-13)32-22(24)25/h3-9,17,22H,10-12H2,1-2H3. The normalized spacial score (nSPS) is 14.0. The summed E-state index contributed by atoms with van der Waals surface area (Å²) in [5.41, 5.74) is 1.02. The minimum absolute atomic E-state index is 0.0107. The Kier molecular flexibility index (Phi) is 6.50. The maximum Gasteiger partial charge on any atom is 0.387 e. The molecule has 3 aromatic rings. The van der Waals surface area contributed by atoms with E-state index in [2.05, 4.69) is 14.9 Å². The second-order valence-electron chi connectivity index (χ2n) is 7.76. The molecule has 0 bridgehead atoms. The molecule has 0 atom stereocenters. The molecule has 1 saturated heterocycles. The van der Waals surface area contributed by atoms with Gasteiger partial charge in [-0.25, -0.2) is 4.39 Å². The molecule has 2 heterocycles. The fourth-order valence-electron chi connectivity index (χ4n) is 3.28. The van der Waals surface area contributed by atoms with E-state index in [-0.39, 0.29) is 42.5 Å². The summed E-state index contributed by atoms with van der Waals surface area (Å²) in [7, 11) is 3.72. The van der Waals surface area contributed by atoms with Crippen molar-refractivity contribution in [3.05, 3.63) is 59.7 Å². The Balaban J connectivity index is 1.31. The molecule has 1 aromatic heterocycles. The van der Waals surface area contributed by atoms with E-state index < -0.39 is 12.5 Å². The van der Waals surface area contributed by atoms with Gasteiger partial charge in [0.2, 0.25) is 5.89 Å². The average molecular weight is 462 g/mol. The largest absolute Gasteiger partial charge is 0.487 e. The van der Waals surface area contributed by atoms with Gasteiger partial charge in [0.05, 0.1) is 13.1 Å². The summed E-state index contributed by atoms with van der Waals surface area (Å²) in [6, 6.07) is 10.3. The first kappa shape index (κ1) is 22.6. The highest BCUT2D eigenvalue weighted by Gasteiger charge is 2.35. The van der Waals surface area contributed by atoms with Gasteiger partial charge in [-0.1, -0.05) is 6.07 Å². The minimum atomic E-state index is -2.92. The van der Waals surface area contributed by atoms with Crippen molar-refractivity contribution in [2.45, 2.75) is 19.3 Å². The smallest absolute Gasteiger partial charge is 0.387 e. The summed E-state index contributed by atoms with van der Waals surface area (Å²) >= 11 is 0. The highest BCUT2D eigenvalue weighted by molar-refractivity contribution is 5.90. The van der Waals surface area contributed by atoms with Gasteiger partial charge in [-0.2, -0.15) is 8.78 Å². The minimum Gasteiger partial charge on any atom is -0.487 e. The van der Waals surface area contributed by atoms with Crippen molar-refractivity contribution in [3.8, 4) is 23.0 Å². The van der Waals surface area contributed by atoms with Crippen LogP contribution < -0.4 is 9.47 Å². The van der Waals surface area contributed by atoms with Crippen LogP contribution in [0.1, 0.15) is 16.2 Å². The Morgan fingerprint density at radius 2 is 1.85 bits per heavy atom. The van der Waals surface area contributed by atoms with Gasteiger partial charge in [0.15, 0.2) is 0 Å². The van der Waals surface area contributed by atoms with Crippen molar-refractivity contribution in [3.63, 3.8) is 0 Å². The predicted molar refractivity (Wildman–Crippen MR) is 110 cm³/mol. The van der Waals surface area contributed by atoms with Crippen LogP contribution in [0.3, 0.4) is 0 Å². The summed E-state index contributed by atoms with van der Waals surface area (Å²) in [5, 5.41) is 7.60. The van der Waals surface area contributed by atoms with Gasteiger partial charge in [0.25, 0.3) is 0 Å². The van der Waals surface area contributed by atoms with E-state index in [0.717, 1.165) is 0 Å². The highest BCUT2D eigenvalue weighted by Crippen LogP contribution is 2.25. The van der Waals surface area contributed by atoms with E-state index in [1.54, 1.807) is 12.1 Å². The molecule has 0 spiro atoms. The van der Waals surface area contributed by atoms with Crippen LogP contribution in [0.4, 0.5) is 13.2 Å². The van der Waals surface area contributed by atoms with E-state index >= 15 is 0 Å². The van der Waals surface area contributed by atoms with Crippen molar-refractivity contribution in [2.75, 3.05) is 27.2 Å². The molecule has 8 nitrogen and oxygen atoms in total. The number of likely N-dealkylation sites (tertiary alicyclic amines) is 1. The first-order valence-corrected chi connectivity index (χ1v) is 10.1. The van der Waals surface area contributed by atoms with Crippen LogP contribution in [-0.4, -0.2) is 65.8 Å². The summed E-state index contributed by atoms with van der Waals surface area (Å²) in [5.74, 6) is -0.548.